The molecule has 23 heavy (non-hydrogen) atoms. The molecule has 0 radical (unpaired) electrons. The number of fused-ring (bicyclic) bond motifs is 3. The summed E-state index contributed by atoms with van der Waals surface area (Å²) in [6.07, 6.45) is 1.78. The van der Waals surface area contributed by atoms with Crippen LogP contribution >= 0.6 is 0 Å². The normalized spacial score (nSPS) is 11.2. The molecular formula is C18H15N3O2. The van der Waals surface area contributed by atoms with Gasteiger partial charge in [-0.1, -0.05) is 18.2 Å². The molecule has 0 amide bonds. The molecule has 0 N–H and O–H groups in total. The van der Waals surface area contributed by atoms with Crippen LogP contribution in [0, 0.1) is 0 Å². The van der Waals surface area contributed by atoms with Gasteiger partial charge in [-0.3, -0.25) is 14.0 Å². The highest BCUT2D eigenvalue weighted by atomic mass is 16.5. The first-order valence-corrected chi connectivity index (χ1v) is 7.30. The monoisotopic (exact) mass is 305 g/mol. The molecule has 0 saturated heterocycles. The van der Waals surface area contributed by atoms with Crippen LogP contribution < -0.4 is 4.74 Å². The third-order valence-corrected chi connectivity index (χ3v) is 4.08. The number of carbonyl (C=O) groups is 1. The minimum Gasteiger partial charge on any atom is -0.497 e. The van der Waals surface area contributed by atoms with E-state index >= 15 is 0 Å². The molecule has 0 aliphatic carbocycles. The van der Waals surface area contributed by atoms with Crippen LogP contribution in [0.4, 0.5) is 0 Å². The molecule has 0 aliphatic heterocycles. The molecule has 5 heteroatoms. The molecule has 4 aromatic rings. The molecule has 2 heterocycles. The van der Waals surface area contributed by atoms with E-state index in [0.717, 1.165) is 27.7 Å². The minimum atomic E-state index is -0.0700. The second-order valence-corrected chi connectivity index (χ2v) is 5.40. The van der Waals surface area contributed by atoms with Gasteiger partial charge in [-0.15, -0.1) is 0 Å². The molecule has 0 unspecified atom stereocenters. The fourth-order valence-corrected chi connectivity index (χ4v) is 2.97. The predicted molar refractivity (Wildman–Crippen MR) is 88.9 cm³/mol. The number of hydrogen-bond donors (Lipinski definition) is 0. The van der Waals surface area contributed by atoms with Crippen molar-refractivity contribution in [1.29, 1.82) is 0 Å². The van der Waals surface area contributed by atoms with Crippen molar-refractivity contribution in [2.75, 3.05) is 7.11 Å². The molecule has 0 bridgehead atoms. The van der Waals surface area contributed by atoms with Crippen LogP contribution in [0.1, 0.15) is 10.4 Å². The lowest BCUT2D eigenvalue weighted by Crippen LogP contribution is -2.13. The lowest BCUT2D eigenvalue weighted by atomic mass is 10.2. The third-order valence-electron chi connectivity index (χ3n) is 4.08. The van der Waals surface area contributed by atoms with Gasteiger partial charge in [0.05, 0.1) is 18.8 Å². The van der Waals surface area contributed by atoms with Gasteiger partial charge < -0.3 is 4.74 Å². The highest BCUT2D eigenvalue weighted by Crippen LogP contribution is 2.32. The van der Waals surface area contributed by atoms with Gasteiger partial charge in [0.1, 0.15) is 11.4 Å². The van der Waals surface area contributed by atoms with E-state index in [9.17, 15) is 4.79 Å². The molecule has 0 spiro atoms. The Morgan fingerprint density at radius 1 is 1.09 bits per heavy atom. The number of methoxy groups -OCH3 is 1. The average Bonchev–Trinajstić information content (AvgIpc) is 3.12. The van der Waals surface area contributed by atoms with Gasteiger partial charge in [0.15, 0.2) is 0 Å². The standard InChI is InChI=1S/C18H15N3O2/c1-20-17-15(11-19-20)14-10-13(23-2)8-9-16(14)21(17)18(22)12-6-4-3-5-7-12/h3-11H,1-2H3. The smallest absolute Gasteiger partial charge is 0.264 e. The van der Waals surface area contributed by atoms with Gasteiger partial charge in [-0.25, -0.2) is 0 Å². The summed E-state index contributed by atoms with van der Waals surface area (Å²) >= 11 is 0. The Bertz CT molecular complexity index is 1030. The van der Waals surface area contributed by atoms with Crippen molar-refractivity contribution in [2.45, 2.75) is 0 Å². The lowest BCUT2D eigenvalue weighted by Gasteiger charge is -2.07. The van der Waals surface area contributed by atoms with Crippen LogP contribution in [0.25, 0.3) is 21.9 Å². The van der Waals surface area contributed by atoms with E-state index in [1.54, 1.807) is 22.6 Å². The highest BCUT2D eigenvalue weighted by Gasteiger charge is 2.20. The van der Waals surface area contributed by atoms with Crippen molar-refractivity contribution in [3.8, 4) is 5.75 Å². The Morgan fingerprint density at radius 3 is 2.61 bits per heavy atom. The summed E-state index contributed by atoms with van der Waals surface area (Å²) in [5, 5.41) is 6.19. The number of ether oxygens (including phenoxy) is 1. The summed E-state index contributed by atoms with van der Waals surface area (Å²) in [4.78, 5) is 13.0. The van der Waals surface area contributed by atoms with Gasteiger partial charge >= 0.3 is 0 Å². The largest absolute Gasteiger partial charge is 0.497 e. The summed E-state index contributed by atoms with van der Waals surface area (Å²) in [5.74, 6) is 0.687. The van der Waals surface area contributed by atoms with Gasteiger partial charge in [0.2, 0.25) is 0 Å². The molecule has 0 aliphatic rings. The fourth-order valence-electron chi connectivity index (χ4n) is 2.97. The van der Waals surface area contributed by atoms with Crippen molar-refractivity contribution in [1.82, 2.24) is 14.3 Å². The number of aryl methyl sites for hydroxylation is 1. The predicted octanol–water partition coefficient (Wildman–Crippen LogP) is 3.23. The number of rotatable bonds is 2. The van der Waals surface area contributed by atoms with Crippen LogP contribution in [0.15, 0.2) is 54.7 Å². The van der Waals surface area contributed by atoms with E-state index in [-0.39, 0.29) is 5.91 Å². The Balaban J connectivity index is 2.07. The Morgan fingerprint density at radius 2 is 1.87 bits per heavy atom. The van der Waals surface area contributed by atoms with Crippen LogP contribution in [0.2, 0.25) is 0 Å². The Labute approximate surface area is 132 Å². The van der Waals surface area contributed by atoms with E-state index in [4.69, 9.17) is 4.74 Å². The fraction of sp³-hybridized carbons (Fsp3) is 0.111. The minimum absolute atomic E-state index is 0.0700. The van der Waals surface area contributed by atoms with Crippen molar-refractivity contribution >= 4 is 27.8 Å². The zero-order valence-corrected chi connectivity index (χ0v) is 12.9. The van der Waals surface area contributed by atoms with Crippen LogP contribution in [-0.2, 0) is 7.05 Å². The quantitative estimate of drug-likeness (QED) is 0.571. The van der Waals surface area contributed by atoms with Gasteiger partial charge in [-0.05, 0) is 30.3 Å². The Hall–Kier alpha value is -3.08. The van der Waals surface area contributed by atoms with Gasteiger partial charge in [0, 0.05) is 23.4 Å². The maximum absolute atomic E-state index is 13.0. The molecule has 5 nitrogen and oxygen atoms in total. The van der Waals surface area contributed by atoms with E-state index in [2.05, 4.69) is 5.10 Å². The lowest BCUT2D eigenvalue weighted by molar-refractivity contribution is 0.0968. The number of nitrogens with zero attached hydrogens (tertiary/aromatic N) is 3. The topological polar surface area (TPSA) is 49.0 Å². The average molecular weight is 305 g/mol. The van der Waals surface area contributed by atoms with Crippen molar-refractivity contribution < 1.29 is 9.53 Å². The molecule has 4 rings (SSSR count). The first kappa shape index (κ1) is 13.6. The van der Waals surface area contributed by atoms with Crippen molar-refractivity contribution in [2.24, 2.45) is 7.05 Å². The number of hydrogen-bond acceptors (Lipinski definition) is 3. The third kappa shape index (κ3) is 1.93. The summed E-state index contributed by atoms with van der Waals surface area (Å²) in [5.41, 5.74) is 2.27. The van der Waals surface area contributed by atoms with Crippen LogP contribution in [0.3, 0.4) is 0 Å². The molecule has 114 valence electrons. The molecule has 2 aromatic heterocycles. The van der Waals surface area contributed by atoms with Gasteiger partial charge in [0.25, 0.3) is 5.91 Å². The highest BCUT2D eigenvalue weighted by molar-refractivity contribution is 6.15. The molecule has 0 saturated carbocycles. The summed E-state index contributed by atoms with van der Waals surface area (Å²) < 4.78 is 8.75. The maximum Gasteiger partial charge on any atom is 0.264 e. The molecular weight excluding hydrogens is 290 g/mol. The zero-order chi connectivity index (χ0) is 16.0. The van der Waals surface area contributed by atoms with Crippen molar-refractivity contribution in [3.63, 3.8) is 0 Å². The van der Waals surface area contributed by atoms with Gasteiger partial charge in [-0.2, -0.15) is 5.10 Å². The van der Waals surface area contributed by atoms with E-state index in [0.29, 0.717) is 5.56 Å². The summed E-state index contributed by atoms with van der Waals surface area (Å²) in [6.45, 7) is 0. The zero-order valence-electron chi connectivity index (χ0n) is 12.9. The van der Waals surface area contributed by atoms with Crippen molar-refractivity contribution in [3.05, 3.63) is 60.3 Å². The SMILES string of the molecule is COc1ccc2c(c1)c1cnn(C)c1n2C(=O)c1ccccc1. The van der Waals surface area contributed by atoms with E-state index < -0.39 is 0 Å². The Kier molecular flexibility index (Phi) is 2.94. The number of aromatic nitrogens is 3. The molecule has 0 atom stereocenters. The number of carbonyl (C=O) groups excluding carboxylic acids is 1. The van der Waals surface area contributed by atoms with Crippen LogP contribution in [-0.4, -0.2) is 27.4 Å². The molecule has 2 aromatic carbocycles. The van der Waals surface area contributed by atoms with E-state index in [1.165, 1.54) is 0 Å². The van der Waals surface area contributed by atoms with E-state index in [1.807, 2.05) is 55.6 Å². The first-order valence-electron chi connectivity index (χ1n) is 7.30. The first-order chi connectivity index (χ1) is 11.2. The maximum atomic E-state index is 13.0. The molecule has 0 fully saturated rings. The second-order valence-electron chi connectivity index (χ2n) is 5.40. The number of benzene rings is 2. The summed E-state index contributed by atoms with van der Waals surface area (Å²) in [6, 6.07) is 15.0. The summed E-state index contributed by atoms with van der Waals surface area (Å²) in [7, 11) is 3.47. The second kappa shape index (κ2) is 4.98. The van der Waals surface area contributed by atoms with Crippen LogP contribution in [0.5, 0.6) is 5.75 Å².